The predicted octanol–water partition coefficient (Wildman–Crippen LogP) is 1.91. The number of carbonyl (C=O) groups excluding carboxylic acids is 1. The van der Waals surface area contributed by atoms with Gasteiger partial charge in [0.25, 0.3) is 0 Å². The molecule has 4 nitrogen and oxygen atoms in total. The van der Waals surface area contributed by atoms with Gasteiger partial charge in [0.1, 0.15) is 0 Å². The number of Topliss-reactive ketones (excluding diaryl/α,β-unsaturated/α-hetero) is 1. The molecule has 0 saturated carbocycles. The molecule has 0 aromatic heterocycles. The smallest absolute Gasteiger partial charge is 0.164 e. The summed E-state index contributed by atoms with van der Waals surface area (Å²) in [5.41, 5.74) is 1.92. The lowest BCUT2D eigenvalue weighted by Gasteiger charge is -2.14. The molecule has 1 heterocycles. The third kappa shape index (κ3) is 3.66. The molecule has 2 atom stereocenters. The highest BCUT2D eigenvalue weighted by Crippen LogP contribution is 2.16. The van der Waals surface area contributed by atoms with Crippen LogP contribution in [0.2, 0.25) is 0 Å². The summed E-state index contributed by atoms with van der Waals surface area (Å²) in [6.07, 6.45) is 0.749. The highest BCUT2D eigenvalue weighted by molar-refractivity contribution is 5.96. The maximum Gasteiger partial charge on any atom is 0.164 e. The highest BCUT2D eigenvalue weighted by atomic mass is 16.5. The van der Waals surface area contributed by atoms with Crippen LogP contribution in [0.4, 0.5) is 0 Å². The van der Waals surface area contributed by atoms with E-state index in [-0.39, 0.29) is 18.0 Å². The van der Waals surface area contributed by atoms with Crippen molar-refractivity contribution in [3.05, 3.63) is 35.4 Å². The van der Waals surface area contributed by atoms with Crippen molar-refractivity contribution in [2.45, 2.75) is 25.6 Å². The molecule has 0 spiro atoms. The van der Waals surface area contributed by atoms with Crippen LogP contribution in [0, 0.1) is 6.92 Å². The Kier molecular flexibility index (Phi) is 5.29. The fourth-order valence-electron chi connectivity index (χ4n) is 2.68. The van der Waals surface area contributed by atoms with E-state index in [0.717, 1.165) is 30.8 Å². The summed E-state index contributed by atoms with van der Waals surface area (Å²) in [7, 11) is 3.41. The van der Waals surface area contributed by atoms with Gasteiger partial charge in [-0.1, -0.05) is 23.8 Å². The minimum absolute atomic E-state index is 0.106. The molecule has 1 aliphatic heterocycles. The van der Waals surface area contributed by atoms with E-state index in [2.05, 4.69) is 4.90 Å². The predicted molar refractivity (Wildman–Crippen MR) is 78.2 cm³/mol. The van der Waals surface area contributed by atoms with Gasteiger partial charge in [-0.15, -0.1) is 0 Å². The number of nitrogens with zero attached hydrogens (tertiary/aromatic N) is 1. The van der Waals surface area contributed by atoms with E-state index in [4.69, 9.17) is 9.47 Å². The first-order chi connectivity index (χ1) is 9.63. The van der Waals surface area contributed by atoms with Crippen molar-refractivity contribution in [3.63, 3.8) is 0 Å². The first-order valence-electron chi connectivity index (χ1n) is 7.02. The largest absolute Gasteiger partial charge is 0.377 e. The normalized spacial score (nSPS) is 23.1. The molecular formula is C16H23NO3. The average molecular weight is 277 g/mol. The van der Waals surface area contributed by atoms with Gasteiger partial charge in [-0.2, -0.15) is 0 Å². The lowest BCUT2D eigenvalue weighted by atomic mass is 10.1. The van der Waals surface area contributed by atoms with Crippen LogP contribution in [0.15, 0.2) is 24.3 Å². The molecule has 20 heavy (non-hydrogen) atoms. The SMILES string of the molecule is COC1CN(CCC(=O)c2cccc(C)c2)CC1OC. The van der Waals surface area contributed by atoms with Crippen LogP contribution >= 0.6 is 0 Å². The average Bonchev–Trinajstić information content (AvgIpc) is 2.87. The van der Waals surface area contributed by atoms with Crippen molar-refractivity contribution in [2.24, 2.45) is 0 Å². The Labute approximate surface area is 120 Å². The number of aryl methyl sites for hydroxylation is 1. The van der Waals surface area contributed by atoms with E-state index in [1.807, 2.05) is 31.2 Å². The lowest BCUT2D eigenvalue weighted by Crippen LogP contribution is -2.27. The van der Waals surface area contributed by atoms with E-state index < -0.39 is 0 Å². The quantitative estimate of drug-likeness (QED) is 0.745. The second-order valence-corrected chi connectivity index (χ2v) is 5.35. The van der Waals surface area contributed by atoms with Gasteiger partial charge in [0, 0.05) is 45.8 Å². The van der Waals surface area contributed by atoms with Gasteiger partial charge in [-0.25, -0.2) is 0 Å². The number of rotatable bonds is 6. The van der Waals surface area contributed by atoms with Gasteiger partial charge in [0.2, 0.25) is 0 Å². The molecule has 0 N–H and O–H groups in total. The zero-order valence-corrected chi connectivity index (χ0v) is 12.5. The zero-order valence-electron chi connectivity index (χ0n) is 12.5. The summed E-state index contributed by atoms with van der Waals surface area (Å²) in [5, 5.41) is 0. The van der Waals surface area contributed by atoms with Crippen LogP contribution in [0.1, 0.15) is 22.3 Å². The molecule has 4 heteroatoms. The van der Waals surface area contributed by atoms with E-state index in [1.165, 1.54) is 0 Å². The molecule has 1 aliphatic rings. The number of hydrogen-bond donors (Lipinski definition) is 0. The molecule has 1 fully saturated rings. The van der Waals surface area contributed by atoms with Gasteiger partial charge in [-0.05, 0) is 13.0 Å². The number of benzene rings is 1. The van der Waals surface area contributed by atoms with E-state index >= 15 is 0 Å². The first kappa shape index (κ1) is 15.2. The molecule has 1 aromatic carbocycles. The second-order valence-electron chi connectivity index (χ2n) is 5.35. The van der Waals surface area contributed by atoms with Crippen molar-refractivity contribution in [2.75, 3.05) is 33.9 Å². The molecule has 0 aliphatic carbocycles. The Morgan fingerprint density at radius 1 is 1.25 bits per heavy atom. The third-order valence-corrected chi connectivity index (χ3v) is 3.89. The molecule has 2 rings (SSSR count). The zero-order chi connectivity index (χ0) is 14.5. The Morgan fingerprint density at radius 3 is 2.45 bits per heavy atom. The standard InChI is InChI=1S/C16H23NO3/c1-12-5-4-6-13(9-12)14(18)7-8-17-10-15(19-2)16(11-17)20-3/h4-6,9,15-16H,7-8,10-11H2,1-3H3. The molecular weight excluding hydrogens is 254 g/mol. The van der Waals surface area contributed by atoms with Crippen LogP contribution in [0.5, 0.6) is 0 Å². The van der Waals surface area contributed by atoms with Crippen molar-refractivity contribution in [3.8, 4) is 0 Å². The van der Waals surface area contributed by atoms with Crippen LogP contribution in [-0.4, -0.2) is 56.7 Å². The number of likely N-dealkylation sites (tertiary alicyclic amines) is 1. The maximum absolute atomic E-state index is 12.2. The summed E-state index contributed by atoms with van der Waals surface area (Å²) in [6.45, 7) is 4.42. The van der Waals surface area contributed by atoms with Crippen molar-refractivity contribution < 1.29 is 14.3 Å². The number of carbonyl (C=O) groups is 1. The summed E-state index contributed by atoms with van der Waals surface area (Å²) >= 11 is 0. The number of hydrogen-bond acceptors (Lipinski definition) is 4. The molecule has 110 valence electrons. The number of ether oxygens (including phenoxy) is 2. The van der Waals surface area contributed by atoms with Crippen LogP contribution in [0.3, 0.4) is 0 Å². The van der Waals surface area contributed by atoms with Crippen LogP contribution in [0.25, 0.3) is 0 Å². The van der Waals surface area contributed by atoms with Crippen molar-refractivity contribution in [1.29, 1.82) is 0 Å². The monoisotopic (exact) mass is 277 g/mol. The minimum atomic E-state index is 0.106. The molecule has 2 unspecified atom stereocenters. The van der Waals surface area contributed by atoms with E-state index in [9.17, 15) is 4.79 Å². The highest BCUT2D eigenvalue weighted by Gasteiger charge is 2.32. The third-order valence-electron chi connectivity index (χ3n) is 3.89. The van der Waals surface area contributed by atoms with Crippen LogP contribution in [-0.2, 0) is 9.47 Å². The molecule has 0 bridgehead atoms. The molecule has 1 saturated heterocycles. The Balaban J connectivity index is 1.85. The number of ketones is 1. The van der Waals surface area contributed by atoms with E-state index in [1.54, 1.807) is 14.2 Å². The van der Waals surface area contributed by atoms with Crippen molar-refractivity contribution in [1.82, 2.24) is 4.90 Å². The maximum atomic E-state index is 12.2. The first-order valence-corrected chi connectivity index (χ1v) is 7.02. The Morgan fingerprint density at radius 2 is 1.90 bits per heavy atom. The van der Waals surface area contributed by atoms with E-state index in [0.29, 0.717) is 6.42 Å². The summed E-state index contributed by atoms with van der Waals surface area (Å²) in [5.74, 6) is 0.198. The second kappa shape index (κ2) is 6.97. The molecule has 1 aromatic rings. The molecule has 0 radical (unpaired) electrons. The van der Waals surface area contributed by atoms with Gasteiger partial charge >= 0.3 is 0 Å². The lowest BCUT2D eigenvalue weighted by molar-refractivity contribution is -0.00461. The van der Waals surface area contributed by atoms with Gasteiger partial charge in [0.05, 0.1) is 12.2 Å². The minimum Gasteiger partial charge on any atom is -0.377 e. The summed E-state index contributed by atoms with van der Waals surface area (Å²) in [6, 6.07) is 7.77. The Bertz CT molecular complexity index is 449. The molecule has 0 amide bonds. The van der Waals surface area contributed by atoms with Gasteiger partial charge in [0.15, 0.2) is 5.78 Å². The number of methoxy groups -OCH3 is 2. The summed E-state index contributed by atoms with van der Waals surface area (Å²) < 4.78 is 10.8. The topological polar surface area (TPSA) is 38.8 Å². The van der Waals surface area contributed by atoms with Crippen LogP contribution < -0.4 is 0 Å². The van der Waals surface area contributed by atoms with Gasteiger partial charge in [-0.3, -0.25) is 9.69 Å². The Hall–Kier alpha value is -1.23. The van der Waals surface area contributed by atoms with Gasteiger partial charge < -0.3 is 9.47 Å². The van der Waals surface area contributed by atoms with Crippen molar-refractivity contribution >= 4 is 5.78 Å². The fourth-order valence-corrected chi connectivity index (χ4v) is 2.68. The summed E-state index contributed by atoms with van der Waals surface area (Å²) in [4.78, 5) is 14.4. The fraction of sp³-hybridized carbons (Fsp3) is 0.562.